The summed E-state index contributed by atoms with van der Waals surface area (Å²) in [6.07, 6.45) is 4.90. The third-order valence-electron chi connectivity index (χ3n) is 4.25. The third kappa shape index (κ3) is 4.68. The molecule has 0 spiro atoms. The molecule has 3 nitrogen and oxygen atoms in total. The van der Waals surface area contributed by atoms with Gasteiger partial charge < -0.3 is 9.47 Å². The summed E-state index contributed by atoms with van der Waals surface area (Å²) in [6.45, 7) is 4.80. The average molecular weight is 293 g/mol. The van der Waals surface area contributed by atoms with Gasteiger partial charge in [-0.15, -0.1) is 0 Å². The van der Waals surface area contributed by atoms with Crippen LogP contribution in [-0.4, -0.2) is 43.9 Å². The molecule has 0 aromatic heterocycles. The van der Waals surface area contributed by atoms with Crippen LogP contribution in [0, 0.1) is 11.7 Å². The van der Waals surface area contributed by atoms with Crippen molar-refractivity contribution in [2.75, 3.05) is 32.9 Å². The number of nitrogens with zero attached hydrogens (tertiary/aromatic N) is 1. The van der Waals surface area contributed by atoms with Crippen LogP contribution in [-0.2, 0) is 4.74 Å². The fourth-order valence-corrected chi connectivity index (χ4v) is 2.91. The first-order chi connectivity index (χ1) is 10.3. The normalized spacial score (nSPS) is 21.9. The lowest BCUT2D eigenvalue weighted by Gasteiger charge is -2.24. The van der Waals surface area contributed by atoms with Crippen molar-refractivity contribution in [3.8, 4) is 5.75 Å². The van der Waals surface area contributed by atoms with Crippen LogP contribution in [0.4, 0.5) is 4.39 Å². The number of rotatable bonds is 8. The topological polar surface area (TPSA) is 21.7 Å². The van der Waals surface area contributed by atoms with Gasteiger partial charge in [0.25, 0.3) is 0 Å². The SMILES string of the molecule is Fc1ccc(OCCCN(C[C@@H]2CCOC2)C2CC2)cc1. The molecular weight excluding hydrogens is 269 g/mol. The van der Waals surface area contributed by atoms with Crippen molar-refractivity contribution in [2.45, 2.75) is 31.7 Å². The molecule has 1 aliphatic heterocycles. The predicted octanol–water partition coefficient (Wildman–Crippen LogP) is 3.10. The second-order valence-corrected chi connectivity index (χ2v) is 6.11. The highest BCUT2D eigenvalue weighted by molar-refractivity contribution is 5.21. The molecule has 1 aliphatic carbocycles. The molecule has 21 heavy (non-hydrogen) atoms. The van der Waals surface area contributed by atoms with Crippen LogP contribution in [0.2, 0.25) is 0 Å². The molecule has 116 valence electrons. The fourth-order valence-electron chi connectivity index (χ4n) is 2.91. The maximum Gasteiger partial charge on any atom is 0.123 e. The highest BCUT2D eigenvalue weighted by atomic mass is 19.1. The van der Waals surface area contributed by atoms with Gasteiger partial charge in [-0.25, -0.2) is 4.39 Å². The number of hydrogen-bond acceptors (Lipinski definition) is 3. The zero-order valence-corrected chi connectivity index (χ0v) is 12.5. The Morgan fingerprint density at radius 2 is 2.00 bits per heavy atom. The van der Waals surface area contributed by atoms with Gasteiger partial charge in [0.05, 0.1) is 13.2 Å². The lowest BCUT2D eigenvalue weighted by Crippen LogP contribution is -2.33. The third-order valence-corrected chi connectivity index (χ3v) is 4.25. The maximum atomic E-state index is 12.8. The molecule has 0 N–H and O–H groups in total. The molecule has 3 rings (SSSR count). The van der Waals surface area contributed by atoms with Gasteiger partial charge in [-0.1, -0.05) is 0 Å². The number of halogens is 1. The minimum absolute atomic E-state index is 0.221. The summed E-state index contributed by atoms with van der Waals surface area (Å²) >= 11 is 0. The Balaban J connectivity index is 1.37. The van der Waals surface area contributed by atoms with Crippen LogP contribution in [0.3, 0.4) is 0 Å². The van der Waals surface area contributed by atoms with Gasteiger partial charge in [0, 0.05) is 25.7 Å². The van der Waals surface area contributed by atoms with E-state index >= 15 is 0 Å². The molecule has 1 aromatic rings. The Morgan fingerprint density at radius 3 is 2.67 bits per heavy atom. The number of ether oxygens (including phenoxy) is 2. The van der Waals surface area contributed by atoms with E-state index in [1.54, 1.807) is 12.1 Å². The number of hydrogen-bond donors (Lipinski definition) is 0. The summed E-state index contributed by atoms with van der Waals surface area (Å²) < 4.78 is 23.9. The smallest absolute Gasteiger partial charge is 0.123 e. The van der Waals surface area contributed by atoms with E-state index in [1.807, 2.05) is 0 Å². The first kappa shape index (κ1) is 14.8. The average Bonchev–Trinajstić information content (AvgIpc) is 3.22. The summed E-state index contributed by atoms with van der Waals surface area (Å²) in [5, 5.41) is 0. The predicted molar refractivity (Wildman–Crippen MR) is 80.0 cm³/mol. The van der Waals surface area contributed by atoms with Gasteiger partial charge in [0.2, 0.25) is 0 Å². The minimum atomic E-state index is -0.221. The van der Waals surface area contributed by atoms with Crippen LogP contribution >= 0.6 is 0 Å². The van der Waals surface area contributed by atoms with Crippen molar-refractivity contribution >= 4 is 0 Å². The van der Waals surface area contributed by atoms with Crippen molar-refractivity contribution in [2.24, 2.45) is 5.92 Å². The van der Waals surface area contributed by atoms with Crippen LogP contribution in [0.5, 0.6) is 5.75 Å². The first-order valence-electron chi connectivity index (χ1n) is 8.01. The molecule has 0 bridgehead atoms. The highest BCUT2D eigenvalue weighted by Crippen LogP contribution is 2.29. The summed E-state index contributed by atoms with van der Waals surface area (Å²) in [6, 6.07) is 7.03. The van der Waals surface area contributed by atoms with E-state index in [4.69, 9.17) is 9.47 Å². The van der Waals surface area contributed by atoms with Gasteiger partial charge in [-0.2, -0.15) is 0 Å². The fraction of sp³-hybridized carbons (Fsp3) is 0.647. The van der Waals surface area contributed by atoms with Gasteiger partial charge >= 0.3 is 0 Å². The van der Waals surface area contributed by atoms with E-state index in [2.05, 4.69) is 4.90 Å². The van der Waals surface area contributed by atoms with Gasteiger partial charge in [0.15, 0.2) is 0 Å². The summed E-state index contributed by atoms with van der Waals surface area (Å²) in [7, 11) is 0. The van der Waals surface area contributed by atoms with Crippen molar-refractivity contribution in [3.05, 3.63) is 30.1 Å². The molecule has 1 aromatic carbocycles. The highest BCUT2D eigenvalue weighted by Gasteiger charge is 2.31. The Hall–Kier alpha value is -1.13. The molecule has 0 radical (unpaired) electrons. The van der Waals surface area contributed by atoms with Crippen molar-refractivity contribution in [1.29, 1.82) is 0 Å². The lowest BCUT2D eigenvalue weighted by atomic mass is 10.1. The summed E-state index contributed by atoms with van der Waals surface area (Å²) in [4.78, 5) is 2.60. The van der Waals surface area contributed by atoms with E-state index in [0.29, 0.717) is 12.5 Å². The Morgan fingerprint density at radius 1 is 1.19 bits per heavy atom. The molecule has 1 saturated carbocycles. The van der Waals surface area contributed by atoms with Crippen LogP contribution in [0.1, 0.15) is 25.7 Å². The standard InChI is InChI=1S/C17H24FNO2/c18-15-2-6-17(7-3-15)21-10-1-9-19(16-4-5-16)12-14-8-11-20-13-14/h2-3,6-7,14,16H,1,4-5,8-13H2/t14-/m0/s1. The van der Waals surface area contributed by atoms with Gasteiger partial charge in [0.1, 0.15) is 11.6 Å². The molecular formula is C17H24FNO2. The van der Waals surface area contributed by atoms with E-state index < -0.39 is 0 Å². The van der Waals surface area contributed by atoms with Crippen molar-refractivity contribution < 1.29 is 13.9 Å². The Labute approximate surface area is 126 Å². The van der Waals surface area contributed by atoms with Crippen molar-refractivity contribution in [1.82, 2.24) is 4.90 Å². The van der Waals surface area contributed by atoms with E-state index in [0.717, 1.165) is 38.0 Å². The molecule has 0 unspecified atom stereocenters. The summed E-state index contributed by atoms with van der Waals surface area (Å²) in [5.41, 5.74) is 0. The zero-order chi connectivity index (χ0) is 14.5. The van der Waals surface area contributed by atoms with E-state index in [-0.39, 0.29) is 5.82 Å². The van der Waals surface area contributed by atoms with Crippen LogP contribution < -0.4 is 4.74 Å². The number of benzene rings is 1. The molecule has 1 heterocycles. The first-order valence-corrected chi connectivity index (χ1v) is 8.01. The quantitative estimate of drug-likeness (QED) is 0.688. The van der Waals surface area contributed by atoms with E-state index in [9.17, 15) is 4.39 Å². The monoisotopic (exact) mass is 293 g/mol. The maximum absolute atomic E-state index is 12.8. The molecule has 1 atom stereocenters. The van der Waals surface area contributed by atoms with Crippen molar-refractivity contribution in [3.63, 3.8) is 0 Å². The zero-order valence-electron chi connectivity index (χ0n) is 12.5. The largest absolute Gasteiger partial charge is 0.494 e. The summed E-state index contributed by atoms with van der Waals surface area (Å²) in [5.74, 6) is 1.24. The molecule has 2 fully saturated rings. The minimum Gasteiger partial charge on any atom is -0.494 e. The molecule has 0 amide bonds. The van der Waals surface area contributed by atoms with Crippen LogP contribution in [0.25, 0.3) is 0 Å². The lowest BCUT2D eigenvalue weighted by molar-refractivity contribution is 0.159. The second kappa shape index (κ2) is 7.23. The van der Waals surface area contributed by atoms with Gasteiger partial charge in [-0.05, 0) is 55.9 Å². The Kier molecular flexibility index (Phi) is 5.09. The molecule has 4 heteroatoms. The molecule has 1 saturated heterocycles. The Bertz CT molecular complexity index is 427. The van der Waals surface area contributed by atoms with Crippen LogP contribution in [0.15, 0.2) is 24.3 Å². The van der Waals surface area contributed by atoms with Gasteiger partial charge in [-0.3, -0.25) is 4.90 Å². The second-order valence-electron chi connectivity index (χ2n) is 6.11. The van der Waals surface area contributed by atoms with E-state index in [1.165, 1.54) is 37.9 Å². The molecule has 2 aliphatic rings.